The standard InChI is InChI=1S/C14H13Cl2N3O/c1-19(8-10-4-2-3-5-18-10)14(20)11-6-9(17)7-12(15)13(11)16/h2-7H,8,17H2,1H3. The molecule has 0 radical (unpaired) electrons. The molecule has 0 aliphatic carbocycles. The zero-order valence-electron chi connectivity index (χ0n) is 10.8. The number of hydrogen-bond donors (Lipinski definition) is 1. The van der Waals surface area contributed by atoms with Crippen molar-refractivity contribution in [3.05, 3.63) is 57.8 Å². The molecule has 0 fully saturated rings. The van der Waals surface area contributed by atoms with Crippen LogP contribution in [0.15, 0.2) is 36.5 Å². The molecular formula is C14H13Cl2N3O. The lowest BCUT2D eigenvalue weighted by atomic mass is 10.1. The molecule has 2 aromatic rings. The van der Waals surface area contributed by atoms with E-state index in [1.54, 1.807) is 13.2 Å². The van der Waals surface area contributed by atoms with Crippen molar-refractivity contribution in [2.24, 2.45) is 0 Å². The fourth-order valence-corrected chi connectivity index (χ4v) is 2.20. The van der Waals surface area contributed by atoms with Crippen LogP contribution in [0, 0.1) is 0 Å². The second kappa shape index (κ2) is 6.11. The van der Waals surface area contributed by atoms with Gasteiger partial charge in [0.25, 0.3) is 5.91 Å². The highest BCUT2D eigenvalue weighted by Gasteiger charge is 2.18. The zero-order valence-corrected chi connectivity index (χ0v) is 12.3. The average Bonchev–Trinajstić information content (AvgIpc) is 2.43. The van der Waals surface area contributed by atoms with Crippen molar-refractivity contribution in [3.63, 3.8) is 0 Å². The summed E-state index contributed by atoms with van der Waals surface area (Å²) in [5, 5.41) is 0.472. The number of carbonyl (C=O) groups is 1. The molecule has 1 amide bonds. The molecule has 1 heterocycles. The van der Waals surface area contributed by atoms with Gasteiger partial charge < -0.3 is 10.6 Å². The van der Waals surface area contributed by atoms with Crippen LogP contribution in [-0.4, -0.2) is 22.8 Å². The van der Waals surface area contributed by atoms with Crippen molar-refractivity contribution in [3.8, 4) is 0 Å². The number of carbonyl (C=O) groups excluding carboxylic acids is 1. The van der Waals surface area contributed by atoms with Crippen molar-refractivity contribution in [1.29, 1.82) is 0 Å². The number of nitrogens with two attached hydrogens (primary N) is 1. The molecule has 20 heavy (non-hydrogen) atoms. The highest BCUT2D eigenvalue weighted by atomic mass is 35.5. The fourth-order valence-electron chi connectivity index (χ4n) is 1.78. The molecule has 0 atom stereocenters. The number of benzene rings is 1. The number of halogens is 2. The number of aromatic nitrogens is 1. The lowest BCUT2D eigenvalue weighted by molar-refractivity contribution is 0.0783. The van der Waals surface area contributed by atoms with Gasteiger partial charge in [-0.15, -0.1) is 0 Å². The SMILES string of the molecule is CN(Cc1ccccn1)C(=O)c1cc(N)cc(Cl)c1Cl. The Kier molecular flexibility index (Phi) is 4.47. The summed E-state index contributed by atoms with van der Waals surface area (Å²) in [6.45, 7) is 0.377. The largest absolute Gasteiger partial charge is 0.399 e. The van der Waals surface area contributed by atoms with E-state index in [9.17, 15) is 4.79 Å². The molecule has 0 saturated heterocycles. The molecule has 6 heteroatoms. The number of nitrogens with zero attached hydrogens (tertiary/aromatic N) is 2. The van der Waals surface area contributed by atoms with Gasteiger partial charge in [-0.3, -0.25) is 9.78 Å². The van der Waals surface area contributed by atoms with E-state index in [0.717, 1.165) is 5.69 Å². The molecule has 4 nitrogen and oxygen atoms in total. The Bertz CT molecular complexity index is 632. The number of nitrogen functional groups attached to an aromatic ring is 1. The number of pyridine rings is 1. The maximum absolute atomic E-state index is 12.4. The average molecular weight is 310 g/mol. The van der Waals surface area contributed by atoms with Gasteiger partial charge in [-0.2, -0.15) is 0 Å². The first-order chi connectivity index (χ1) is 9.49. The molecule has 0 bridgehead atoms. The Morgan fingerprint density at radius 3 is 2.75 bits per heavy atom. The number of rotatable bonds is 3. The fraction of sp³-hybridized carbons (Fsp3) is 0.143. The summed E-state index contributed by atoms with van der Waals surface area (Å²) in [6.07, 6.45) is 1.68. The van der Waals surface area contributed by atoms with Gasteiger partial charge in [0.05, 0.1) is 27.8 Å². The second-order valence-electron chi connectivity index (χ2n) is 4.35. The van der Waals surface area contributed by atoms with E-state index >= 15 is 0 Å². The van der Waals surface area contributed by atoms with E-state index in [4.69, 9.17) is 28.9 Å². The van der Waals surface area contributed by atoms with E-state index < -0.39 is 0 Å². The minimum absolute atomic E-state index is 0.207. The van der Waals surface area contributed by atoms with Gasteiger partial charge in [0, 0.05) is 18.9 Å². The van der Waals surface area contributed by atoms with Gasteiger partial charge in [0.15, 0.2) is 0 Å². The van der Waals surface area contributed by atoms with Crippen LogP contribution >= 0.6 is 23.2 Å². The Balaban J connectivity index is 2.23. The van der Waals surface area contributed by atoms with Gasteiger partial charge in [-0.25, -0.2) is 0 Å². The first-order valence-corrected chi connectivity index (χ1v) is 6.64. The van der Waals surface area contributed by atoms with Crippen LogP contribution in [0.1, 0.15) is 16.1 Å². The van der Waals surface area contributed by atoms with Crippen molar-refractivity contribution < 1.29 is 4.79 Å². The summed E-state index contributed by atoms with van der Waals surface area (Å²) < 4.78 is 0. The maximum Gasteiger partial charge on any atom is 0.255 e. The molecule has 1 aromatic carbocycles. The summed E-state index contributed by atoms with van der Waals surface area (Å²) >= 11 is 12.0. The Morgan fingerprint density at radius 1 is 1.35 bits per heavy atom. The van der Waals surface area contributed by atoms with Crippen molar-refractivity contribution in [2.75, 3.05) is 12.8 Å². The van der Waals surface area contributed by atoms with Crippen molar-refractivity contribution in [2.45, 2.75) is 6.54 Å². The van der Waals surface area contributed by atoms with Crippen LogP contribution in [0.4, 0.5) is 5.69 Å². The first-order valence-electron chi connectivity index (χ1n) is 5.89. The third-order valence-electron chi connectivity index (χ3n) is 2.75. The normalized spacial score (nSPS) is 10.3. The van der Waals surface area contributed by atoms with Crippen molar-refractivity contribution >= 4 is 34.8 Å². The van der Waals surface area contributed by atoms with Gasteiger partial charge in [-0.1, -0.05) is 29.3 Å². The summed E-state index contributed by atoms with van der Waals surface area (Å²) in [6, 6.07) is 8.56. The van der Waals surface area contributed by atoms with Crippen molar-refractivity contribution in [1.82, 2.24) is 9.88 Å². The third kappa shape index (κ3) is 3.21. The minimum Gasteiger partial charge on any atom is -0.399 e. The van der Waals surface area contributed by atoms with Crippen LogP contribution in [-0.2, 0) is 6.54 Å². The topological polar surface area (TPSA) is 59.2 Å². The number of amides is 1. The molecule has 2 rings (SSSR count). The van der Waals surface area contributed by atoms with E-state index in [2.05, 4.69) is 4.98 Å². The second-order valence-corrected chi connectivity index (χ2v) is 5.13. The number of anilines is 1. The number of hydrogen-bond acceptors (Lipinski definition) is 3. The molecule has 104 valence electrons. The molecule has 0 unspecified atom stereocenters. The predicted molar refractivity (Wildman–Crippen MR) is 80.9 cm³/mol. The zero-order chi connectivity index (χ0) is 14.7. The van der Waals surface area contributed by atoms with Gasteiger partial charge >= 0.3 is 0 Å². The predicted octanol–water partition coefficient (Wildman–Crippen LogP) is 3.24. The highest BCUT2D eigenvalue weighted by molar-refractivity contribution is 6.44. The molecule has 0 aliphatic rings. The van der Waals surface area contributed by atoms with Gasteiger partial charge in [0.1, 0.15) is 0 Å². The third-order valence-corrected chi connectivity index (χ3v) is 3.55. The van der Waals surface area contributed by atoms with E-state index in [1.807, 2.05) is 18.2 Å². The van der Waals surface area contributed by atoms with Crippen LogP contribution in [0.25, 0.3) is 0 Å². The molecule has 2 N–H and O–H groups in total. The van der Waals surface area contributed by atoms with Crippen LogP contribution in [0.2, 0.25) is 10.0 Å². The molecule has 1 aromatic heterocycles. The van der Waals surface area contributed by atoms with Gasteiger partial charge in [-0.05, 0) is 24.3 Å². The lowest BCUT2D eigenvalue weighted by Gasteiger charge is -2.18. The molecule has 0 aliphatic heterocycles. The lowest BCUT2D eigenvalue weighted by Crippen LogP contribution is -2.27. The summed E-state index contributed by atoms with van der Waals surface area (Å²) in [5.74, 6) is -0.255. The Labute approximate surface area is 127 Å². The van der Waals surface area contributed by atoms with Crippen LogP contribution in [0.5, 0.6) is 0 Å². The van der Waals surface area contributed by atoms with E-state index in [0.29, 0.717) is 12.2 Å². The molecular weight excluding hydrogens is 297 g/mol. The highest BCUT2D eigenvalue weighted by Crippen LogP contribution is 2.29. The van der Waals surface area contributed by atoms with Crippen LogP contribution < -0.4 is 5.73 Å². The summed E-state index contributed by atoms with van der Waals surface area (Å²) in [5.41, 5.74) is 7.16. The maximum atomic E-state index is 12.4. The van der Waals surface area contributed by atoms with E-state index in [-0.39, 0.29) is 21.5 Å². The Hall–Kier alpha value is -1.78. The first kappa shape index (κ1) is 14.6. The summed E-state index contributed by atoms with van der Waals surface area (Å²) in [4.78, 5) is 18.1. The molecule has 0 saturated carbocycles. The quantitative estimate of drug-likeness (QED) is 0.885. The molecule has 0 spiro atoms. The van der Waals surface area contributed by atoms with E-state index in [1.165, 1.54) is 17.0 Å². The monoisotopic (exact) mass is 309 g/mol. The minimum atomic E-state index is -0.255. The smallest absolute Gasteiger partial charge is 0.255 e. The Morgan fingerprint density at radius 2 is 2.10 bits per heavy atom. The van der Waals surface area contributed by atoms with Crippen LogP contribution in [0.3, 0.4) is 0 Å². The summed E-state index contributed by atoms with van der Waals surface area (Å²) in [7, 11) is 1.67. The van der Waals surface area contributed by atoms with Gasteiger partial charge in [0.2, 0.25) is 0 Å².